The maximum absolute atomic E-state index is 12.6. The van der Waals surface area contributed by atoms with Gasteiger partial charge < -0.3 is 20.7 Å². The number of amides is 1. The second kappa shape index (κ2) is 9.46. The Morgan fingerprint density at radius 1 is 1.24 bits per heavy atom. The Kier molecular flexibility index (Phi) is 7.96. The van der Waals surface area contributed by atoms with Crippen LogP contribution in [0.25, 0.3) is 0 Å². The average molecular weight is 385 g/mol. The van der Waals surface area contributed by atoms with E-state index in [9.17, 15) is 4.79 Å². The number of rotatable bonds is 3. The fourth-order valence-electron chi connectivity index (χ4n) is 2.60. The maximum atomic E-state index is 12.6. The number of nitrogen functional groups attached to an aromatic ring is 1. The lowest BCUT2D eigenvalue weighted by Gasteiger charge is -2.29. The lowest BCUT2D eigenvalue weighted by molar-refractivity contribution is 0.102. The highest BCUT2D eigenvalue weighted by molar-refractivity contribution is 6.07. The Labute approximate surface area is 159 Å². The van der Waals surface area contributed by atoms with Gasteiger partial charge in [0.25, 0.3) is 5.91 Å². The molecule has 0 bridgehead atoms. The predicted octanol–water partition coefficient (Wildman–Crippen LogP) is 2.90. The van der Waals surface area contributed by atoms with Crippen molar-refractivity contribution in [2.75, 3.05) is 42.3 Å². The van der Waals surface area contributed by atoms with E-state index >= 15 is 0 Å². The van der Waals surface area contributed by atoms with E-state index in [1.165, 1.54) is 0 Å². The Morgan fingerprint density at radius 2 is 1.96 bits per heavy atom. The molecule has 1 saturated heterocycles. The predicted molar refractivity (Wildman–Crippen MR) is 105 cm³/mol. The number of aryl methyl sites for hydroxylation is 1. The summed E-state index contributed by atoms with van der Waals surface area (Å²) in [5.41, 5.74) is 8.51. The molecule has 1 fully saturated rings. The maximum Gasteiger partial charge on any atom is 0.256 e. The number of halogens is 2. The first-order valence-electron chi connectivity index (χ1n) is 7.60. The van der Waals surface area contributed by atoms with Gasteiger partial charge in [-0.1, -0.05) is 6.07 Å². The topological polar surface area (TPSA) is 80.5 Å². The molecule has 0 saturated carbocycles. The lowest BCUT2D eigenvalue weighted by Crippen LogP contribution is -2.37. The van der Waals surface area contributed by atoms with Crippen LogP contribution in [0, 0.1) is 6.92 Å². The molecule has 1 aliphatic heterocycles. The van der Waals surface area contributed by atoms with Gasteiger partial charge in [-0.3, -0.25) is 4.79 Å². The molecule has 0 radical (unpaired) electrons. The average Bonchev–Trinajstić information content (AvgIpc) is 2.58. The number of nitrogens with two attached hydrogens (primary N) is 1. The van der Waals surface area contributed by atoms with Crippen LogP contribution in [-0.4, -0.2) is 37.2 Å². The fraction of sp³-hybridized carbons (Fsp3) is 0.294. The largest absolute Gasteiger partial charge is 0.399 e. The number of nitrogens with zero attached hydrogens (tertiary/aromatic N) is 2. The second-order valence-electron chi connectivity index (χ2n) is 5.50. The molecule has 25 heavy (non-hydrogen) atoms. The van der Waals surface area contributed by atoms with Crippen LogP contribution >= 0.6 is 24.8 Å². The molecule has 1 amide bonds. The molecule has 0 aliphatic carbocycles. The summed E-state index contributed by atoms with van der Waals surface area (Å²) in [6, 6.07) is 8.99. The van der Waals surface area contributed by atoms with Gasteiger partial charge in [0.05, 0.1) is 18.9 Å². The summed E-state index contributed by atoms with van der Waals surface area (Å²) in [6.07, 6.45) is 1.73. The first kappa shape index (κ1) is 21.0. The third-order valence-electron chi connectivity index (χ3n) is 3.85. The van der Waals surface area contributed by atoms with Crippen molar-refractivity contribution >= 4 is 47.9 Å². The first-order valence-corrected chi connectivity index (χ1v) is 7.60. The Morgan fingerprint density at radius 3 is 2.68 bits per heavy atom. The molecule has 0 atom stereocenters. The van der Waals surface area contributed by atoms with E-state index in [0.29, 0.717) is 30.2 Å². The second-order valence-corrected chi connectivity index (χ2v) is 5.50. The van der Waals surface area contributed by atoms with Gasteiger partial charge in [-0.2, -0.15) is 0 Å². The number of ether oxygens (including phenoxy) is 1. The number of nitrogens with one attached hydrogen (secondary N) is 1. The monoisotopic (exact) mass is 384 g/mol. The molecule has 8 heteroatoms. The minimum atomic E-state index is -0.183. The van der Waals surface area contributed by atoms with Crippen molar-refractivity contribution in [3.05, 3.63) is 47.7 Å². The summed E-state index contributed by atoms with van der Waals surface area (Å²) in [5.74, 6) is 0.586. The molecule has 3 rings (SSSR count). The number of carbonyl (C=O) groups is 1. The van der Waals surface area contributed by atoms with Crippen molar-refractivity contribution in [2.24, 2.45) is 0 Å². The van der Waals surface area contributed by atoms with E-state index in [2.05, 4.69) is 15.2 Å². The summed E-state index contributed by atoms with van der Waals surface area (Å²) >= 11 is 0. The summed E-state index contributed by atoms with van der Waals surface area (Å²) in [6.45, 7) is 4.74. The van der Waals surface area contributed by atoms with Gasteiger partial charge in [0.2, 0.25) is 0 Å². The zero-order chi connectivity index (χ0) is 16.2. The molecule has 0 spiro atoms. The van der Waals surface area contributed by atoms with Crippen molar-refractivity contribution in [2.45, 2.75) is 6.92 Å². The van der Waals surface area contributed by atoms with Crippen LogP contribution < -0.4 is 16.0 Å². The molecule has 0 unspecified atom stereocenters. The normalized spacial score (nSPS) is 13.4. The molecular formula is C17H22Cl2N4O2. The Balaban J connectivity index is 0.00000156. The number of morpholine rings is 1. The molecule has 2 heterocycles. The molecule has 1 aromatic heterocycles. The summed E-state index contributed by atoms with van der Waals surface area (Å²) in [5, 5.41) is 2.95. The first-order chi connectivity index (χ1) is 11.1. The molecule has 6 nitrogen and oxygen atoms in total. The number of hydrogen-bond donors (Lipinski definition) is 2. The van der Waals surface area contributed by atoms with E-state index in [-0.39, 0.29) is 30.7 Å². The van der Waals surface area contributed by atoms with Crippen LogP contribution in [0.4, 0.5) is 17.2 Å². The number of benzene rings is 1. The van der Waals surface area contributed by atoms with Gasteiger partial charge in [0.1, 0.15) is 0 Å². The molecule has 136 valence electrons. The summed E-state index contributed by atoms with van der Waals surface area (Å²) in [4.78, 5) is 19.1. The van der Waals surface area contributed by atoms with Crippen LogP contribution in [0.15, 0.2) is 36.5 Å². The minimum Gasteiger partial charge on any atom is -0.399 e. The summed E-state index contributed by atoms with van der Waals surface area (Å²) < 4.78 is 5.37. The van der Waals surface area contributed by atoms with E-state index in [1.54, 1.807) is 18.3 Å². The van der Waals surface area contributed by atoms with Gasteiger partial charge in [0.15, 0.2) is 5.82 Å². The van der Waals surface area contributed by atoms with Crippen LogP contribution in [0.1, 0.15) is 15.9 Å². The Bertz CT molecular complexity index is 722. The molecule has 1 aliphatic rings. The highest BCUT2D eigenvalue weighted by atomic mass is 35.5. The zero-order valence-electron chi connectivity index (χ0n) is 13.9. The highest BCUT2D eigenvalue weighted by Crippen LogP contribution is 2.24. The van der Waals surface area contributed by atoms with Crippen molar-refractivity contribution < 1.29 is 9.53 Å². The Hall–Kier alpha value is -2.02. The molecule has 2 aromatic rings. The van der Waals surface area contributed by atoms with Crippen LogP contribution in [-0.2, 0) is 4.74 Å². The van der Waals surface area contributed by atoms with Crippen LogP contribution in [0.2, 0.25) is 0 Å². The van der Waals surface area contributed by atoms with Crippen molar-refractivity contribution in [3.63, 3.8) is 0 Å². The number of carbonyl (C=O) groups excluding carboxylic acids is 1. The number of pyridine rings is 1. The van der Waals surface area contributed by atoms with Gasteiger partial charge in [-0.25, -0.2) is 4.98 Å². The lowest BCUT2D eigenvalue weighted by atomic mass is 10.1. The summed E-state index contributed by atoms with van der Waals surface area (Å²) in [7, 11) is 0. The van der Waals surface area contributed by atoms with Gasteiger partial charge in [0, 0.05) is 30.5 Å². The van der Waals surface area contributed by atoms with Crippen molar-refractivity contribution in [1.82, 2.24) is 4.98 Å². The van der Waals surface area contributed by atoms with Crippen LogP contribution in [0.3, 0.4) is 0 Å². The third kappa shape index (κ3) is 4.98. The van der Waals surface area contributed by atoms with E-state index in [4.69, 9.17) is 10.5 Å². The van der Waals surface area contributed by atoms with Crippen LogP contribution in [0.5, 0.6) is 0 Å². The quantitative estimate of drug-likeness (QED) is 0.795. The van der Waals surface area contributed by atoms with E-state index in [0.717, 1.165) is 24.5 Å². The standard InChI is InChI=1S/C17H20N4O2.2ClH/c1-12-4-5-13(18)11-14(12)17(22)20-15-3-2-6-19-16(15)21-7-9-23-10-8-21;;/h2-6,11H,7-10,18H2,1H3,(H,20,22);2*1H. The van der Waals surface area contributed by atoms with Crippen molar-refractivity contribution in [1.29, 1.82) is 0 Å². The van der Waals surface area contributed by atoms with Gasteiger partial charge in [-0.15, -0.1) is 24.8 Å². The minimum absolute atomic E-state index is 0. The van der Waals surface area contributed by atoms with E-state index in [1.807, 2.05) is 25.1 Å². The van der Waals surface area contributed by atoms with Gasteiger partial charge in [-0.05, 0) is 36.8 Å². The molecular weight excluding hydrogens is 363 g/mol. The number of aromatic nitrogens is 1. The highest BCUT2D eigenvalue weighted by Gasteiger charge is 2.18. The fourth-order valence-corrected chi connectivity index (χ4v) is 2.60. The third-order valence-corrected chi connectivity index (χ3v) is 3.85. The molecule has 3 N–H and O–H groups in total. The smallest absolute Gasteiger partial charge is 0.256 e. The SMILES string of the molecule is Cc1ccc(N)cc1C(=O)Nc1cccnc1N1CCOCC1.Cl.Cl. The van der Waals surface area contributed by atoms with Gasteiger partial charge >= 0.3 is 0 Å². The number of hydrogen-bond acceptors (Lipinski definition) is 5. The van der Waals surface area contributed by atoms with E-state index < -0.39 is 0 Å². The zero-order valence-corrected chi connectivity index (χ0v) is 15.5. The molecule has 1 aromatic carbocycles. The number of anilines is 3. The van der Waals surface area contributed by atoms with Crippen molar-refractivity contribution in [3.8, 4) is 0 Å².